The Labute approximate surface area is 127 Å². The van der Waals surface area contributed by atoms with Gasteiger partial charge in [0.2, 0.25) is 0 Å². The molecule has 1 saturated heterocycles. The van der Waals surface area contributed by atoms with E-state index in [1.807, 2.05) is 12.1 Å². The first kappa shape index (κ1) is 15.3. The van der Waals surface area contributed by atoms with Crippen LogP contribution in [0.3, 0.4) is 0 Å². The number of carbonyl (C=O) groups is 1. The molecule has 4 nitrogen and oxygen atoms in total. The fourth-order valence-electron chi connectivity index (χ4n) is 2.84. The zero-order chi connectivity index (χ0) is 15.1. The molecule has 110 valence electrons. The van der Waals surface area contributed by atoms with Crippen LogP contribution in [0.2, 0.25) is 0 Å². The third-order valence-corrected chi connectivity index (χ3v) is 3.90. The van der Waals surface area contributed by atoms with Crippen molar-refractivity contribution in [2.75, 3.05) is 18.0 Å². The van der Waals surface area contributed by atoms with Gasteiger partial charge in [0.15, 0.2) is 0 Å². The Bertz CT molecular complexity index is 524. The molecule has 20 heavy (non-hydrogen) atoms. The number of aromatic carboxylic acids is 1. The molecule has 1 aliphatic heterocycles. The molecule has 1 aromatic carbocycles. The van der Waals surface area contributed by atoms with E-state index in [1.54, 1.807) is 6.07 Å². The van der Waals surface area contributed by atoms with Gasteiger partial charge in [0.25, 0.3) is 0 Å². The summed E-state index contributed by atoms with van der Waals surface area (Å²) in [4.78, 5) is 13.3. The number of hydrogen-bond donors (Lipinski definition) is 1. The van der Waals surface area contributed by atoms with E-state index in [1.165, 1.54) is 0 Å². The second kappa shape index (κ2) is 5.04. The maximum Gasteiger partial charge on any atom is 0.336 e. The third kappa shape index (κ3) is 3.33. The second-order valence-corrected chi connectivity index (χ2v) is 7.30. The van der Waals surface area contributed by atoms with E-state index in [0.29, 0.717) is 4.47 Å². The van der Waals surface area contributed by atoms with Gasteiger partial charge in [-0.2, -0.15) is 0 Å². The predicted octanol–water partition coefficient (Wildman–Crippen LogP) is 3.54. The highest BCUT2D eigenvalue weighted by molar-refractivity contribution is 9.10. The first-order valence-electron chi connectivity index (χ1n) is 6.58. The molecule has 0 bridgehead atoms. The monoisotopic (exact) mass is 341 g/mol. The first-order valence-corrected chi connectivity index (χ1v) is 7.37. The number of nitrogens with zero attached hydrogens (tertiary/aromatic N) is 1. The smallest absolute Gasteiger partial charge is 0.336 e. The van der Waals surface area contributed by atoms with Crippen molar-refractivity contribution in [3.05, 3.63) is 28.2 Å². The SMILES string of the molecule is CC1(C)CN(c2ccc(C(=O)O)c(Br)c2)CC(C)(C)O1. The lowest BCUT2D eigenvalue weighted by Crippen LogP contribution is -2.57. The van der Waals surface area contributed by atoms with Crippen molar-refractivity contribution in [3.63, 3.8) is 0 Å². The highest BCUT2D eigenvalue weighted by Crippen LogP contribution is 2.33. The minimum Gasteiger partial charge on any atom is -0.478 e. The van der Waals surface area contributed by atoms with Gasteiger partial charge in [-0.1, -0.05) is 0 Å². The summed E-state index contributed by atoms with van der Waals surface area (Å²) in [6, 6.07) is 5.35. The molecule has 0 amide bonds. The summed E-state index contributed by atoms with van der Waals surface area (Å²) in [7, 11) is 0. The third-order valence-electron chi connectivity index (χ3n) is 3.24. The zero-order valence-corrected chi connectivity index (χ0v) is 13.8. The fraction of sp³-hybridized carbons (Fsp3) is 0.533. The van der Waals surface area contributed by atoms with Crippen LogP contribution < -0.4 is 4.90 Å². The van der Waals surface area contributed by atoms with Crippen LogP contribution >= 0.6 is 15.9 Å². The normalized spacial score (nSPS) is 20.8. The summed E-state index contributed by atoms with van der Waals surface area (Å²) in [5.41, 5.74) is 0.811. The van der Waals surface area contributed by atoms with Gasteiger partial charge in [-0.3, -0.25) is 0 Å². The summed E-state index contributed by atoms with van der Waals surface area (Å²) in [6.45, 7) is 9.83. The Hall–Kier alpha value is -1.07. The van der Waals surface area contributed by atoms with E-state index in [9.17, 15) is 4.79 Å². The molecule has 0 spiro atoms. The van der Waals surface area contributed by atoms with Crippen molar-refractivity contribution in [1.29, 1.82) is 0 Å². The zero-order valence-electron chi connectivity index (χ0n) is 12.2. The molecule has 0 saturated carbocycles. The fourth-order valence-corrected chi connectivity index (χ4v) is 3.38. The quantitative estimate of drug-likeness (QED) is 0.893. The van der Waals surface area contributed by atoms with Crippen molar-refractivity contribution >= 4 is 27.6 Å². The van der Waals surface area contributed by atoms with E-state index in [4.69, 9.17) is 9.84 Å². The summed E-state index contributed by atoms with van der Waals surface area (Å²) in [5, 5.41) is 9.07. The van der Waals surface area contributed by atoms with Crippen molar-refractivity contribution in [2.45, 2.75) is 38.9 Å². The summed E-state index contributed by atoms with van der Waals surface area (Å²) in [5.74, 6) is -0.925. The molecular weight excluding hydrogens is 322 g/mol. The number of carboxylic acid groups (broad SMARTS) is 1. The maximum absolute atomic E-state index is 11.1. The van der Waals surface area contributed by atoms with Crippen LogP contribution in [0.15, 0.2) is 22.7 Å². The van der Waals surface area contributed by atoms with E-state index in [2.05, 4.69) is 48.5 Å². The molecule has 0 radical (unpaired) electrons. The average molecular weight is 342 g/mol. The topological polar surface area (TPSA) is 49.8 Å². The highest BCUT2D eigenvalue weighted by atomic mass is 79.9. The summed E-state index contributed by atoms with van der Waals surface area (Å²) < 4.78 is 6.66. The molecule has 1 heterocycles. The van der Waals surface area contributed by atoms with Crippen molar-refractivity contribution in [2.24, 2.45) is 0 Å². The van der Waals surface area contributed by atoms with Crippen LogP contribution in [0, 0.1) is 0 Å². The molecule has 0 aromatic heterocycles. The highest BCUT2D eigenvalue weighted by Gasteiger charge is 2.38. The Balaban J connectivity index is 2.32. The second-order valence-electron chi connectivity index (χ2n) is 6.45. The minimum absolute atomic E-state index is 0.236. The number of hydrogen-bond acceptors (Lipinski definition) is 3. The molecule has 2 rings (SSSR count). The Kier molecular flexibility index (Phi) is 3.86. The first-order chi connectivity index (χ1) is 9.10. The molecule has 1 N–H and O–H groups in total. The van der Waals surface area contributed by atoms with Gasteiger partial charge in [0, 0.05) is 23.2 Å². The summed E-state index contributed by atoms with van der Waals surface area (Å²) in [6.07, 6.45) is 0. The Morgan fingerprint density at radius 1 is 1.25 bits per heavy atom. The largest absolute Gasteiger partial charge is 0.478 e. The molecule has 0 aliphatic carbocycles. The van der Waals surface area contributed by atoms with Gasteiger partial charge in [0.1, 0.15) is 0 Å². The van der Waals surface area contributed by atoms with Gasteiger partial charge < -0.3 is 14.7 Å². The van der Waals surface area contributed by atoms with Crippen molar-refractivity contribution in [3.8, 4) is 0 Å². The number of rotatable bonds is 2. The van der Waals surface area contributed by atoms with Crippen molar-refractivity contribution in [1.82, 2.24) is 0 Å². The Morgan fingerprint density at radius 2 is 1.80 bits per heavy atom. The van der Waals surface area contributed by atoms with Crippen LogP contribution in [-0.2, 0) is 4.74 Å². The van der Waals surface area contributed by atoms with Crippen LogP contribution in [0.1, 0.15) is 38.1 Å². The van der Waals surface area contributed by atoms with Crippen LogP contribution in [0.4, 0.5) is 5.69 Å². The minimum atomic E-state index is -0.925. The van der Waals surface area contributed by atoms with E-state index < -0.39 is 5.97 Å². The predicted molar refractivity (Wildman–Crippen MR) is 82.6 cm³/mol. The molecule has 1 aliphatic rings. The molecule has 1 aromatic rings. The van der Waals surface area contributed by atoms with Gasteiger partial charge in [-0.25, -0.2) is 4.79 Å². The summed E-state index contributed by atoms with van der Waals surface area (Å²) >= 11 is 3.33. The average Bonchev–Trinajstić information content (AvgIpc) is 2.23. The molecular formula is C15H20BrNO3. The number of carboxylic acids is 1. The van der Waals surface area contributed by atoms with Crippen LogP contribution in [-0.4, -0.2) is 35.4 Å². The van der Waals surface area contributed by atoms with Crippen molar-refractivity contribution < 1.29 is 14.6 Å². The van der Waals surface area contributed by atoms with Gasteiger partial charge >= 0.3 is 5.97 Å². The number of ether oxygens (including phenoxy) is 1. The lowest BCUT2D eigenvalue weighted by Gasteiger charge is -2.48. The lowest BCUT2D eigenvalue weighted by molar-refractivity contribution is -0.133. The molecule has 1 fully saturated rings. The molecule has 0 atom stereocenters. The van der Waals surface area contributed by atoms with Gasteiger partial charge in [-0.05, 0) is 61.8 Å². The van der Waals surface area contributed by atoms with Crippen LogP contribution in [0.25, 0.3) is 0 Å². The van der Waals surface area contributed by atoms with Gasteiger partial charge in [0.05, 0.1) is 16.8 Å². The molecule has 5 heteroatoms. The standard InChI is InChI=1S/C15H20BrNO3/c1-14(2)8-17(9-15(3,4)20-14)10-5-6-11(13(18)19)12(16)7-10/h5-7H,8-9H2,1-4H3,(H,18,19). The number of morpholine rings is 1. The maximum atomic E-state index is 11.1. The number of benzene rings is 1. The molecule has 0 unspecified atom stereocenters. The van der Waals surface area contributed by atoms with Crippen LogP contribution in [0.5, 0.6) is 0 Å². The Morgan fingerprint density at radius 3 is 2.25 bits per heavy atom. The van der Waals surface area contributed by atoms with E-state index >= 15 is 0 Å². The lowest BCUT2D eigenvalue weighted by atomic mass is 9.98. The van der Waals surface area contributed by atoms with E-state index in [-0.39, 0.29) is 16.8 Å². The number of halogens is 1. The number of anilines is 1. The van der Waals surface area contributed by atoms with E-state index in [0.717, 1.165) is 18.8 Å². The van der Waals surface area contributed by atoms with Gasteiger partial charge in [-0.15, -0.1) is 0 Å².